The molecule has 0 fully saturated rings. The van der Waals surface area contributed by atoms with Crippen molar-refractivity contribution in [3.8, 4) is 0 Å². The van der Waals surface area contributed by atoms with E-state index in [4.69, 9.17) is 17.4 Å². The van der Waals surface area contributed by atoms with Crippen LogP contribution in [0.25, 0.3) is 0 Å². The van der Waals surface area contributed by atoms with Crippen molar-refractivity contribution < 1.29 is 4.39 Å². The molecule has 4 N–H and O–H groups in total. The van der Waals surface area contributed by atoms with Crippen LogP contribution in [0.4, 0.5) is 4.39 Å². The number of aromatic amines is 1. The van der Waals surface area contributed by atoms with Gasteiger partial charge in [0.2, 0.25) is 0 Å². The standard InChI is InChI=1S/C10H11ClFN5/c11-8-4-7(12)2-1-6(8)3-9(16-13)10-14-5-15-17-10/h1-2,4-5,9,16H,3,13H2,(H,14,15,17). The Bertz CT molecular complexity index is 487. The van der Waals surface area contributed by atoms with Gasteiger partial charge in [-0.3, -0.25) is 10.9 Å². The summed E-state index contributed by atoms with van der Waals surface area (Å²) in [7, 11) is 0. The number of nitrogens with zero attached hydrogens (tertiary/aromatic N) is 2. The first-order chi connectivity index (χ1) is 8.20. The molecule has 1 atom stereocenters. The summed E-state index contributed by atoms with van der Waals surface area (Å²) < 4.78 is 12.9. The van der Waals surface area contributed by atoms with E-state index in [0.29, 0.717) is 17.3 Å². The molecule has 2 rings (SSSR count). The molecule has 0 amide bonds. The van der Waals surface area contributed by atoms with Gasteiger partial charge in [0.05, 0.1) is 6.04 Å². The number of aromatic nitrogens is 3. The van der Waals surface area contributed by atoms with E-state index in [0.717, 1.165) is 5.56 Å². The van der Waals surface area contributed by atoms with Crippen molar-refractivity contribution in [1.82, 2.24) is 20.6 Å². The fourth-order valence-corrected chi connectivity index (χ4v) is 1.77. The third kappa shape index (κ3) is 2.79. The van der Waals surface area contributed by atoms with Crippen molar-refractivity contribution in [1.29, 1.82) is 0 Å². The summed E-state index contributed by atoms with van der Waals surface area (Å²) in [6, 6.07) is 4.00. The fraction of sp³-hybridized carbons (Fsp3) is 0.200. The Morgan fingerprint density at radius 3 is 2.94 bits per heavy atom. The second-order valence-electron chi connectivity index (χ2n) is 3.53. The Balaban J connectivity index is 2.19. The van der Waals surface area contributed by atoms with Gasteiger partial charge in [-0.1, -0.05) is 17.7 Å². The maximum Gasteiger partial charge on any atom is 0.143 e. The maximum atomic E-state index is 12.9. The van der Waals surface area contributed by atoms with Gasteiger partial charge >= 0.3 is 0 Å². The molecule has 0 aliphatic carbocycles. The molecule has 0 aliphatic heterocycles. The van der Waals surface area contributed by atoms with Gasteiger partial charge in [0.1, 0.15) is 18.0 Å². The minimum atomic E-state index is -0.365. The zero-order chi connectivity index (χ0) is 12.3. The Labute approximate surface area is 102 Å². The van der Waals surface area contributed by atoms with Crippen LogP contribution in [0.3, 0.4) is 0 Å². The molecule has 0 bridgehead atoms. The van der Waals surface area contributed by atoms with Gasteiger partial charge in [-0.05, 0) is 24.1 Å². The topological polar surface area (TPSA) is 79.6 Å². The molecular weight excluding hydrogens is 245 g/mol. The third-order valence-corrected chi connectivity index (χ3v) is 2.76. The SMILES string of the molecule is NNC(Cc1ccc(F)cc1Cl)c1ncn[nH]1. The average molecular weight is 256 g/mol. The van der Waals surface area contributed by atoms with Gasteiger partial charge in [-0.15, -0.1) is 0 Å². The number of rotatable bonds is 4. The van der Waals surface area contributed by atoms with Gasteiger partial charge in [0.25, 0.3) is 0 Å². The van der Waals surface area contributed by atoms with Crippen LogP contribution in [0.1, 0.15) is 17.4 Å². The van der Waals surface area contributed by atoms with Crippen LogP contribution in [-0.2, 0) is 6.42 Å². The normalized spacial score (nSPS) is 12.6. The number of benzene rings is 1. The van der Waals surface area contributed by atoms with Crippen molar-refractivity contribution in [3.05, 3.63) is 46.8 Å². The van der Waals surface area contributed by atoms with Crippen LogP contribution < -0.4 is 11.3 Å². The van der Waals surface area contributed by atoms with Gasteiger partial charge in [0.15, 0.2) is 0 Å². The molecule has 5 nitrogen and oxygen atoms in total. The zero-order valence-corrected chi connectivity index (χ0v) is 9.58. The number of H-pyrrole nitrogens is 1. The molecule has 0 aliphatic rings. The van der Waals surface area contributed by atoms with Crippen molar-refractivity contribution >= 4 is 11.6 Å². The van der Waals surface area contributed by atoms with E-state index in [-0.39, 0.29) is 11.9 Å². The number of hydrazine groups is 1. The lowest BCUT2D eigenvalue weighted by molar-refractivity contribution is 0.524. The lowest BCUT2D eigenvalue weighted by Gasteiger charge is -2.13. The minimum Gasteiger partial charge on any atom is -0.271 e. The van der Waals surface area contributed by atoms with Crippen molar-refractivity contribution in [3.63, 3.8) is 0 Å². The van der Waals surface area contributed by atoms with Crippen LogP contribution in [0.5, 0.6) is 0 Å². The summed E-state index contributed by atoms with van der Waals surface area (Å²) in [5.41, 5.74) is 3.39. The maximum absolute atomic E-state index is 12.9. The van der Waals surface area contributed by atoms with Crippen LogP contribution in [0, 0.1) is 5.82 Å². The number of nitrogens with two attached hydrogens (primary N) is 1. The second-order valence-corrected chi connectivity index (χ2v) is 3.94. The fourth-order valence-electron chi connectivity index (χ4n) is 1.52. The minimum absolute atomic E-state index is 0.250. The number of halogens is 2. The van der Waals surface area contributed by atoms with E-state index in [1.807, 2.05) is 0 Å². The van der Waals surface area contributed by atoms with E-state index in [9.17, 15) is 4.39 Å². The van der Waals surface area contributed by atoms with E-state index < -0.39 is 0 Å². The molecule has 0 spiro atoms. The molecule has 0 saturated carbocycles. The summed E-state index contributed by atoms with van der Waals surface area (Å²) in [6.07, 6.45) is 1.89. The quantitative estimate of drug-likeness (QED) is 0.569. The van der Waals surface area contributed by atoms with E-state index >= 15 is 0 Å². The second kappa shape index (κ2) is 5.22. The number of nitrogens with one attached hydrogen (secondary N) is 2. The summed E-state index contributed by atoms with van der Waals surface area (Å²) in [6.45, 7) is 0. The highest BCUT2D eigenvalue weighted by Crippen LogP contribution is 2.22. The largest absolute Gasteiger partial charge is 0.271 e. The molecule has 7 heteroatoms. The molecular formula is C10H11ClFN5. The molecule has 1 unspecified atom stereocenters. The lowest BCUT2D eigenvalue weighted by atomic mass is 10.1. The Morgan fingerprint density at radius 2 is 2.35 bits per heavy atom. The van der Waals surface area contributed by atoms with Gasteiger partial charge in [-0.2, -0.15) is 5.10 Å². The monoisotopic (exact) mass is 255 g/mol. The molecule has 17 heavy (non-hydrogen) atoms. The predicted octanol–water partition coefficient (Wildman–Crippen LogP) is 1.34. The van der Waals surface area contributed by atoms with E-state index in [1.54, 1.807) is 6.07 Å². The van der Waals surface area contributed by atoms with Crippen molar-refractivity contribution in [2.75, 3.05) is 0 Å². The molecule has 1 heterocycles. The first kappa shape index (κ1) is 12.0. The average Bonchev–Trinajstić information content (AvgIpc) is 2.81. The Morgan fingerprint density at radius 1 is 1.53 bits per heavy atom. The van der Waals surface area contributed by atoms with Gasteiger partial charge in [-0.25, -0.2) is 14.8 Å². The number of hydrogen-bond donors (Lipinski definition) is 3. The highest BCUT2D eigenvalue weighted by molar-refractivity contribution is 6.31. The van der Waals surface area contributed by atoms with Crippen molar-refractivity contribution in [2.24, 2.45) is 5.84 Å². The van der Waals surface area contributed by atoms with Crippen LogP contribution in [-0.4, -0.2) is 15.2 Å². The van der Waals surface area contributed by atoms with Crippen LogP contribution in [0.15, 0.2) is 24.5 Å². The molecule has 90 valence electrons. The van der Waals surface area contributed by atoms with Gasteiger partial charge in [0, 0.05) is 5.02 Å². The van der Waals surface area contributed by atoms with Crippen LogP contribution in [0.2, 0.25) is 5.02 Å². The Kier molecular flexibility index (Phi) is 3.68. The number of hydrogen-bond acceptors (Lipinski definition) is 4. The van der Waals surface area contributed by atoms with Crippen molar-refractivity contribution in [2.45, 2.75) is 12.5 Å². The molecule has 0 saturated heterocycles. The summed E-state index contributed by atoms with van der Waals surface area (Å²) in [5.74, 6) is 5.68. The lowest BCUT2D eigenvalue weighted by Crippen LogP contribution is -2.30. The third-order valence-electron chi connectivity index (χ3n) is 2.40. The molecule has 1 aromatic carbocycles. The highest BCUT2D eigenvalue weighted by atomic mass is 35.5. The van der Waals surface area contributed by atoms with Gasteiger partial charge < -0.3 is 0 Å². The Hall–Kier alpha value is -1.50. The summed E-state index contributed by atoms with van der Waals surface area (Å²) in [4.78, 5) is 4.00. The predicted molar refractivity (Wildman–Crippen MR) is 61.6 cm³/mol. The van der Waals surface area contributed by atoms with E-state index in [2.05, 4.69) is 20.6 Å². The molecule has 2 aromatic rings. The van der Waals surface area contributed by atoms with Crippen LogP contribution >= 0.6 is 11.6 Å². The molecule has 0 radical (unpaired) electrons. The van der Waals surface area contributed by atoms with E-state index in [1.165, 1.54) is 18.5 Å². The molecule has 1 aromatic heterocycles. The zero-order valence-electron chi connectivity index (χ0n) is 8.82. The summed E-state index contributed by atoms with van der Waals surface area (Å²) >= 11 is 5.94. The first-order valence-electron chi connectivity index (χ1n) is 4.96. The highest BCUT2D eigenvalue weighted by Gasteiger charge is 2.15. The smallest absolute Gasteiger partial charge is 0.143 e. The summed E-state index contributed by atoms with van der Waals surface area (Å²) in [5, 5.41) is 6.83. The first-order valence-corrected chi connectivity index (χ1v) is 5.34.